The summed E-state index contributed by atoms with van der Waals surface area (Å²) in [6, 6.07) is 0. The first kappa shape index (κ1) is 6.51. The van der Waals surface area contributed by atoms with Gasteiger partial charge in [-0.3, -0.25) is 0 Å². The Hall–Kier alpha value is -0.610. The van der Waals surface area contributed by atoms with Crippen LogP contribution in [0.15, 0.2) is 0 Å². The molecule has 4 heteroatoms. The van der Waals surface area contributed by atoms with Crippen LogP contribution in [0, 0.1) is 0 Å². The predicted octanol–water partition coefficient (Wildman–Crippen LogP) is -0.779. The van der Waals surface area contributed by atoms with Crippen molar-refractivity contribution >= 4 is 5.97 Å². The van der Waals surface area contributed by atoms with Crippen LogP contribution in [-0.4, -0.2) is 35.0 Å². The molecule has 2 atom stereocenters. The quantitative estimate of drug-likeness (QED) is 0.517. The number of carbonyl (C=O) groups is 1. The highest BCUT2D eigenvalue weighted by atomic mass is 16.6. The molecule has 1 fully saturated rings. The highest BCUT2D eigenvalue weighted by Gasteiger charge is 2.34. The molecule has 1 heterocycles. The Kier molecular flexibility index (Phi) is 1.68. The Morgan fingerprint density at radius 1 is 1.78 bits per heavy atom. The van der Waals surface area contributed by atoms with Crippen molar-refractivity contribution in [2.75, 3.05) is 6.61 Å². The number of ether oxygens (including phenoxy) is 1. The normalized spacial score (nSPS) is 33.4. The van der Waals surface area contributed by atoms with E-state index in [4.69, 9.17) is 14.9 Å². The molecule has 52 valence electrons. The minimum Gasteiger partial charge on any atom is -0.479 e. The largest absolute Gasteiger partial charge is 0.479 e. The lowest BCUT2D eigenvalue weighted by Gasteiger charge is -2.31. The summed E-state index contributed by atoms with van der Waals surface area (Å²) < 4.78 is 4.70. The van der Waals surface area contributed by atoms with Gasteiger partial charge in [0.05, 0.1) is 12.7 Å². The summed E-state index contributed by atoms with van der Waals surface area (Å²) in [6.45, 7) is -0.0796. The van der Waals surface area contributed by atoms with E-state index in [0.29, 0.717) is 6.42 Å². The van der Waals surface area contributed by atoms with E-state index < -0.39 is 12.1 Å². The third-order valence-corrected chi connectivity index (χ3v) is 1.31. The van der Waals surface area contributed by atoms with Crippen LogP contribution in [0.3, 0.4) is 0 Å². The van der Waals surface area contributed by atoms with E-state index in [2.05, 4.69) is 0 Å². The predicted molar refractivity (Wildman–Crippen MR) is 28.0 cm³/mol. The molecular weight excluding hydrogens is 124 g/mol. The van der Waals surface area contributed by atoms with Crippen molar-refractivity contribution in [2.24, 2.45) is 0 Å². The van der Waals surface area contributed by atoms with E-state index in [1.54, 1.807) is 0 Å². The molecule has 0 saturated carbocycles. The maximum atomic E-state index is 10.0. The second-order valence-corrected chi connectivity index (χ2v) is 2.00. The first-order chi connectivity index (χ1) is 4.24. The number of hydrogen-bond acceptors (Lipinski definition) is 3. The van der Waals surface area contributed by atoms with Crippen molar-refractivity contribution in [3.63, 3.8) is 0 Å². The minimum absolute atomic E-state index is 0.0796. The Bertz CT molecular complexity index is 116. The third kappa shape index (κ3) is 1.20. The molecule has 1 saturated heterocycles. The molecule has 0 spiro atoms. The summed E-state index contributed by atoms with van der Waals surface area (Å²) in [4.78, 5) is 10.0. The lowest BCUT2D eigenvalue weighted by atomic mass is 10.1. The van der Waals surface area contributed by atoms with Crippen molar-refractivity contribution in [3.8, 4) is 0 Å². The third-order valence-electron chi connectivity index (χ3n) is 1.31. The van der Waals surface area contributed by atoms with Crippen LogP contribution in [0.2, 0.25) is 0 Å². The Morgan fingerprint density at radius 2 is 2.33 bits per heavy atom. The van der Waals surface area contributed by atoms with Gasteiger partial charge in [-0.15, -0.1) is 0 Å². The van der Waals surface area contributed by atoms with Crippen LogP contribution in [-0.2, 0) is 9.53 Å². The first-order valence-corrected chi connectivity index (χ1v) is 2.73. The van der Waals surface area contributed by atoms with Crippen LogP contribution >= 0.6 is 0 Å². The molecule has 4 nitrogen and oxygen atoms in total. The zero-order valence-corrected chi connectivity index (χ0v) is 4.78. The van der Waals surface area contributed by atoms with Crippen LogP contribution in [0.4, 0.5) is 0 Å². The molecule has 0 bridgehead atoms. The molecule has 0 aliphatic carbocycles. The molecule has 0 amide bonds. The fraction of sp³-hybridized carbons (Fsp3) is 0.800. The van der Waals surface area contributed by atoms with Crippen LogP contribution in [0.25, 0.3) is 0 Å². The monoisotopic (exact) mass is 132 g/mol. The molecule has 0 radical (unpaired) electrons. The molecule has 1 rings (SSSR count). The molecule has 9 heavy (non-hydrogen) atoms. The molecular formula is C5H8O4. The van der Waals surface area contributed by atoms with E-state index in [0.717, 1.165) is 0 Å². The number of aliphatic hydroxyl groups is 1. The van der Waals surface area contributed by atoms with E-state index in [1.807, 2.05) is 0 Å². The van der Waals surface area contributed by atoms with Gasteiger partial charge in [0.1, 0.15) is 0 Å². The molecule has 2 unspecified atom stereocenters. The summed E-state index contributed by atoms with van der Waals surface area (Å²) >= 11 is 0. The molecule has 1 aliphatic rings. The SMILES string of the molecule is O=C(O)C1CC(CO)O1. The van der Waals surface area contributed by atoms with Crippen LogP contribution in [0.1, 0.15) is 6.42 Å². The van der Waals surface area contributed by atoms with Crippen molar-refractivity contribution in [1.82, 2.24) is 0 Å². The Labute approximate surface area is 52.1 Å². The lowest BCUT2D eigenvalue weighted by Crippen LogP contribution is -2.44. The summed E-state index contributed by atoms with van der Waals surface area (Å²) in [7, 11) is 0. The van der Waals surface area contributed by atoms with Crippen molar-refractivity contribution < 1.29 is 19.7 Å². The number of hydrogen-bond donors (Lipinski definition) is 2. The van der Waals surface area contributed by atoms with E-state index in [-0.39, 0.29) is 12.7 Å². The number of aliphatic carboxylic acids is 1. The van der Waals surface area contributed by atoms with Gasteiger partial charge in [-0.1, -0.05) is 0 Å². The number of carboxylic acids is 1. The fourth-order valence-electron chi connectivity index (χ4n) is 0.737. The molecule has 0 aromatic rings. The summed E-state index contributed by atoms with van der Waals surface area (Å²) in [5.41, 5.74) is 0. The molecule has 0 aromatic heterocycles. The second-order valence-electron chi connectivity index (χ2n) is 2.00. The second kappa shape index (κ2) is 2.33. The first-order valence-electron chi connectivity index (χ1n) is 2.73. The smallest absolute Gasteiger partial charge is 0.332 e. The maximum Gasteiger partial charge on any atom is 0.332 e. The van der Waals surface area contributed by atoms with Crippen molar-refractivity contribution in [1.29, 1.82) is 0 Å². The number of carboxylic acid groups (broad SMARTS) is 1. The summed E-state index contributed by atoms with van der Waals surface area (Å²) in [6.07, 6.45) is -0.487. The highest BCUT2D eigenvalue weighted by molar-refractivity contribution is 5.73. The minimum atomic E-state index is -0.945. The van der Waals surface area contributed by atoms with Crippen molar-refractivity contribution in [3.05, 3.63) is 0 Å². The van der Waals surface area contributed by atoms with Gasteiger partial charge >= 0.3 is 5.97 Å². The summed E-state index contributed by atoms with van der Waals surface area (Å²) in [5.74, 6) is -0.945. The standard InChI is InChI=1S/C5H8O4/c6-2-3-1-4(9-3)5(7)8/h3-4,6H,1-2H2,(H,7,8). The summed E-state index contributed by atoms with van der Waals surface area (Å²) in [5, 5.41) is 16.6. The molecule has 0 aromatic carbocycles. The Balaban J connectivity index is 2.19. The molecule has 2 N–H and O–H groups in total. The number of rotatable bonds is 2. The Morgan fingerprint density at radius 3 is 2.67 bits per heavy atom. The zero-order chi connectivity index (χ0) is 6.85. The zero-order valence-electron chi connectivity index (χ0n) is 4.78. The van der Waals surface area contributed by atoms with E-state index >= 15 is 0 Å². The average Bonchev–Trinajstić information content (AvgIpc) is 1.61. The topological polar surface area (TPSA) is 66.8 Å². The lowest BCUT2D eigenvalue weighted by molar-refractivity contribution is -0.184. The van der Waals surface area contributed by atoms with E-state index in [9.17, 15) is 4.79 Å². The highest BCUT2D eigenvalue weighted by Crippen LogP contribution is 2.19. The van der Waals surface area contributed by atoms with Crippen LogP contribution in [0.5, 0.6) is 0 Å². The van der Waals surface area contributed by atoms with Gasteiger partial charge in [-0.2, -0.15) is 0 Å². The van der Waals surface area contributed by atoms with Gasteiger partial charge < -0.3 is 14.9 Å². The van der Waals surface area contributed by atoms with Gasteiger partial charge in [0.15, 0.2) is 6.10 Å². The van der Waals surface area contributed by atoms with E-state index in [1.165, 1.54) is 0 Å². The fourth-order valence-corrected chi connectivity index (χ4v) is 0.737. The molecule has 1 aliphatic heterocycles. The van der Waals surface area contributed by atoms with Gasteiger partial charge in [0.25, 0.3) is 0 Å². The van der Waals surface area contributed by atoms with Gasteiger partial charge in [0, 0.05) is 6.42 Å². The number of aliphatic hydroxyl groups excluding tert-OH is 1. The van der Waals surface area contributed by atoms with Gasteiger partial charge in [0.2, 0.25) is 0 Å². The maximum absolute atomic E-state index is 10.0. The van der Waals surface area contributed by atoms with Crippen molar-refractivity contribution in [2.45, 2.75) is 18.6 Å². The van der Waals surface area contributed by atoms with Crippen LogP contribution < -0.4 is 0 Å². The van der Waals surface area contributed by atoms with Gasteiger partial charge in [-0.25, -0.2) is 4.79 Å². The average molecular weight is 132 g/mol. The van der Waals surface area contributed by atoms with Gasteiger partial charge in [-0.05, 0) is 0 Å².